The molecule has 1 fully saturated rings. The zero-order valence-electron chi connectivity index (χ0n) is 12.4. The van der Waals surface area contributed by atoms with E-state index in [0.29, 0.717) is 12.2 Å². The Labute approximate surface area is 123 Å². The molecule has 1 N–H and O–H groups in total. The van der Waals surface area contributed by atoms with Crippen molar-refractivity contribution < 1.29 is 14.6 Å². The molecule has 1 aliphatic heterocycles. The van der Waals surface area contributed by atoms with Crippen LogP contribution in [0.2, 0.25) is 0 Å². The molecule has 0 radical (unpaired) electrons. The number of aromatic carboxylic acids is 1. The Morgan fingerprint density at radius 1 is 1.52 bits per heavy atom. The lowest BCUT2D eigenvalue weighted by Crippen LogP contribution is -2.20. The number of hydrogen-bond donors (Lipinski definition) is 1. The second-order valence-corrected chi connectivity index (χ2v) is 5.56. The summed E-state index contributed by atoms with van der Waals surface area (Å²) in [5.74, 6) is 0.0555. The molecule has 0 amide bonds. The highest BCUT2D eigenvalue weighted by Gasteiger charge is 2.30. The van der Waals surface area contributed by atoms with Crippen molar-refractivity contribution in [3.63, 3.8) is 0 Å². The topological polar surface area (TPSA) is 64.3 Å². The fraction of sp³-hybridized carbons (Fsp3) is 0.500. The summed E-state index contributed by atoms with van der Waals surface area (Å²) in [7, 11) is 0. The lowest BCUT2D eigenvalue weighted by molar-refractivity contribution is 0.0698. The van der Waals surface area contributed by atoms with Gasteiger partial charge >= 0.3 is 5.97 Å². The van der Waals surface area contributed by atoms with E-state index in [1.54, 1.807) is 12.1 Å². The number of ether oxygens (including phenoxy) is 1. The Balaban J connectivity index is 2.26. The quantitative estimate of drug-likeness (QED) is 0.939. The van der Waals surface area contributed by atoms with Crippen LogP contribution in [0.25, 0.3) is 11.0 Å². The van der Waals surface area contributed by atoms with E-state index in [9.17, 15) is 9.90 Å². The number of benzene rings is 1. The summed E-state index contributed by atoms with van der Waals surface area (Å²) < 4.78 is 7.79. The van der Waals surface area contributed by atoms with Crippen LogP contribution in [0, 0.1) is 0 Å². The van der Waals surface area contributed by atoms with Gasteiger partial charge in [-0.25, -0.2) is 9.78 Å². The molecule has 21 heavy (non-hydrogen) atoms. The molecular formula is C16H20N2O3. The molecular weight excluding hydrogens is 268 g/mol. The van der Waals surface area contributed by atoms with Gasteiger partial charge in [-0.3, -0.25) is 0 Å². The number of rotatable bonds is 4. The summed E-state index contributed by atoms with van der Waals surface area (Å²) in [6.07, 6.45) is 2.81. The molecule has 1 aromatic heterocycles. The number of aryl methyl sites for hydroxylation is 1. The molecule has 2 aromatic rings. The molecule has 0 saturated carbocycles. The van der Waals surface area contributed by atoms with Crippen molar-refractivity contribution >= 4 is 17.0 Å². The lowest BCUT2D eigenvalue weighted by atomic mass is 10.1. The number of imidazole rings is 1. The first-order valence-electron chi connectivity index (χ1n) is 7.48. The van der Waals surface area contributed by atoms with Crippen molar-refractivity contribution in [3.05, 3.63) is 29.6 Å². The Hall–Kier alpha value is -1.88. The number of para-hydroxylation sites is 1. The van der Waals surface area contributed by atoms with Crippen molar-refractivity contribution in [2.24, 2.45) is 0 Å². The van der Waals surface area contributed by atoms with E-state index in [0.717, 1.165) is 36.1 Å². The summed E-state index contributed by atoms with van der Waals surface area (Å²) in [6.45, 7) is 4.87. The minimum atomic E-state index is -0.906. The molecule has 1 aromatic carbocycles. The Bertz CT molecular complexity index is 677. The van der Waals surface area contributed by atoms with Crippen LogP contribution in [-0.4, -0.2) is 33.3 Å². The lowest BCUT2D eigenvalue weighted by Gasteiger charge is -2.20. The first-order valence-corrected chi connectivity index (χ1v) is 7.48. The third-order valence-electron chi connectivity index (χ3n) is 4.16. The number of carbonyl (C=O) groups is 1. The van der Waals surface area contributed by atoms with Gasteiger partial charge in [0.25, 0.3) is 0 Å². The number of aromatic nitrogens is 2. The van der Waals surface area contributed by atoms with Crippen LogP contribution >= 0.6 is 0 Å². The highest BCUT2D eigenvalue weighted by Crippen LogP contribution is 2.33. The van der Waals surface area contributed by atoms with Gasteiger partial charge in [-0.05, 0) is 31.9 Å². The van der Waals surface area contributed by atoms with Gasteiger partial charge in [0.05, 0.1) is 28.7 Å². The maximum atomic E-state index is 11.6. The predicted octanol–water partition coefficient (Wildman–Crippen LogP) is 3.04. The molecule has 2 unspecified atom stereocenters. The van der Waals surface area contributed by atoms with Gasteiger partial charge in [-0.2, -0.15) is 0 Å². The predicted molar refractivity (Wildman–Crippen MR) is 79.8 cm³/mol. The summed E-state index contributed by atoms with van der Waals surface area (Å²) in [5, 5.41) is 9.48. The third-order valence-corrected chi connectivity index (χ3v) is 4.16. The molecule has 0 bridgehead atoms. The fourth-order valence-electron chi connectivity index (χ4n) is 3.19. The highest BCUT2D eigenvalue weighted by atomic mass is 16.5. The van der Waals surface area contributed by atoms with Gasteiger partial charge in [0.2, 0.25) is 0 Å². The van der Waals surface area contributed by atoms with Crippen LogP contribution in [0.3, 0.4) is 0 Å². The largest absolute Gasteiger partial charge is 0.478 e. The number of fused-ring (bicyclic) bond motifs is 1. The summed E-state index contributed by atoms with van der Waals surface area (Å²) >= 11 is 0. The third kappa shape index (κ3) is 2.31. The van der Waals surface area contributed by atoms with Gasteiger partial charge in [0.15, 0.2) is 0 Å². The normalized spacial score (nSPS) is 22.0. The first kappa shape index (κ1) is 14.1. The molecule has 5 nitrogen and oxygen atoms in total. The van der Waals surface area contributed by atoms with Gasteiger partial charge < -0.3 is 14.4 Å². The van der Waals surface area contributed by atoms with Crippen molar-refractivity contribution in [1.29, 1.82) is 0 Å². The van der Waals surface area contributed by atoms with Crippen molar-refractivity contribution in [2.75, 3.05) is 6.61 Å². The Morgan fingerprint density at radius 2 is 2.33 bits per heavy atom. The van der Waals surface area contributed by atoms with E-state index in [1.807, 2.05) is 13.0 Å². The monoisotopic (exact) mass is 288 g/mol. The molecule has 112 valence electrons. The molecule has 0 aliphatic carbocycles. The van der Waals surface area contributed by atoms with E-state index in [1.165, 1.54) is 0 Å². The van der Waals surface area contributed by atoms with E-state index in [2.05, 4.69) is 16.5 Å². The molecule has 1 aliphatic rings. The number of carboxylic acid groups (broad SMARTS) is 1. The van der Waals surface area contributed by atoms with Gasteiger partial charge in [-0.1, -0.05) is 13.0 Å². The van der Waals surface area contributed by atoms with Crippen LogP contribution < -0.4 is 0 Å². The molecule has 2 heterocycles. The maximum Gasteiger partial charge on any atom is 0.337 e. The fourth-order valence-corrected chi connectivity index (χ4v) is 3.19. The number of nitrogens with zero attached hydrogens (tertiary/aromatic N) is 2. The van der Waals surface area contributed by atoms with Gasteiger partial charge in [0, 0.05) is 13.0 Å². The molecule has 2 atom stereocenters. The molecule has 1 saturated heterocycles. The van der Waals surface area contributed by atoms with Crippen LogP contribution in [0.1, 0.15) is 48.9 Å². The Morgan fingerprint density at radius 3 is 2.95 bits per heavy atom. The van der Waals surface area contributed by atoms with E-state index in [-0.39, 0.29) is 12.1 Å². The zero-order chi connectivity index (χ0) is 15.0. The summed E-state index contributed by atoms with van der Waals surface area (Å²) in [4.78, 5) is 16.2. The van der Waals surface area contributed by atoms with Gasteiger partial charge in [-0.15, -0.1) is 0 Å². The summed E-state index contributed by atoms with van der Waals surface area (Å²) in [5.41, 5.74) is 1.81. The van der Waals surface area contributed by atoms with Crippen molar-refractivity contribution in [3.8, 4) is 0 Å². The van der Waals surface area contributed by atoms with Crippen molar-refractivity contribution in [1.82, 2.24) is 9.55 Å². The first-order chi connectivity index (χ1) is 10.1. The van der Waals surface area contributed by atoms with E-state index in [4.69, 9.17) is 4.74 Å². The van der Waals surface area contributed by atoms with Gasteiger partial charge in [0.1, 0.15) is 5.82 Å². The SMILES string of the molecule is CCCc1nc2cccc(C(=O)O)c2n1C1CCOC1C. The number of hydrogen-bond acceptors (Lipinski definition) is 3. The molecule has 3 rings (SSSR count). The minimum absolute atomic E-state index is 0.0832. The maximum absolute atomic E-state index is 11.6. The Kier molecular flexibility index (Phi) is 3.68. The number of carboxylic acids is 1. The van der Waals surface area contributed by atoms with Crippen LogP contribution in [0.4, 0.5) is 0 Å². The van der Waals surface area contributed by atoms with Crippen LogP contribution in [0.15, 0.2) is 18.2 Å². The van der Waals surface area contributed by atoms with E-state index < -0.39 is 5.97 Å². The zero-order valence-corrected chi connectivity index (χ0v) is 12.4. The second kappa shape index (κ2) is 5.48. The standard InChI is InChI=1S/C16H20N2O3/c1-3-5-14-17-12-7-4-6-11(16(19)20)15(12)18(14)13-8-9-21-10(13)2/h4,6-7,10,13H,3,5,8-9H2,1-2H3,(H,19,20). The average molecular weight is 288 g/mol. The van der Waals surface area contributed by atoms with Crippen molar-refractivity contribution in [2.45, 2.75) is 45.3 Å². The van der Waals surface area contributed by atoms with Crippen LogP contribution in [0.5, 0.6) is 0 Å². The second-order valence-electron chi connectivity index (χ2n) is 5.56. The van der Waals surface area contributed by atoms with Crippen LogP contribution in [-0.2, 0) is 11.2 Å². The smallest absolute Gasteiger partial charge is 0.337 e. The van der Waals surface area contributed by atoms with E-state index >= 15 is 0 Å². The summed E-state index contributed by atoms with van der Waals surface area (Å²) in [6, 6.07) is 5.46. The molecule has 5 heteroatoms. The highest BCUT2D eigenvalue weighted by molar-refractivity contribution is 6.01. The average Bonchev–Trinajstić information content (AvgIpc) is 3.01. The minimum Gasteiger partial charge on any atom is -0.478 e. The molecule has 0 spiro atoms.